The Morgan fingerprint density at radius 3 is 2.11 bits per heavy atom. The van der Waals surface area contributed by atoms with Gasteiger partial charge >= 0.3 is 0 Å². The van der Waals surface area contributed by atoms with E-state index in [1.54, 1.807) is 0 Å². The Labute approximate surface area is 182 Å². The first-order valence-electron chi connectivity index (χ1n) is 10.5. The molecule has 3 aliphatic rings. The zero-order valence-corrected chi connectivity index (χ0v) is 19.0. The van der Waals surface area contributed by atoms with Gasteiger partial charge in [0.1, 0.15) is 0 Å². The van der Waals surface area contributed by atoms with Crippen LogP contribution in [0.3, 0.4) is 0 Å². The van der Waals surface area contributed by atoms with Crippen molar-refractivity contribution in [3.05, 3.63) is 0 Å². The summed E-state index contributed by atoms with van der Waals surface area (Å²) in [5, 5.41) is 0. The first-order valence-corrected chi connectivity index (χ1v) is 10.5. The predicted octanol–water partition coefficient (Wildman–Crippen LogP) is 1.85. The van der Waals surface area contributed by atoms with E-state index >= 15 is 0 Å². The third-order valence-corrected chi connectivity index (χ3v) is 6.54. The van der Waals surface area contributed by atoms with Crippen LogP contribution >= 0.6 is 24.8 Å². The Morgan fingerprint density at radius 1 is 0.929 bits per heavy atom. The molecule has 4 atom stereocenters. The van der Waals surface area contributed by atoms with Gasteiger partial charge in [-0.25, -0.2) is 0 Å². The van der Waals surface area contributed by atoms with E-state index in [9.17, 15) is 9.59 Å². The molecule has 2 unspecified atom stereocenters. The molecule has 28 heavy (non-hydrogen) atoms. The highest BCUT2D eigenvalue weighted by molar-refractivity contribution is 5.85. The fourth-order valence-electron chi connectivity index (χ4n) is 5.16. The van der Waals surface area contributed by atoms with Gasteiger partial charge in [0.25, 0.3) is 0 Å². The minimum atomic E-state index is 0. The number of carbonyl (C=O) groups is 2. The van der Waals surface area contributed by atoms with Crippen molar-refractivity contribution in [1.29, 1.82) is 0 Å². The second-order valence-electron chi connectivity index (χ2n) is 8.88. The smallest absolute Gasteiger partial charge is 0.236 e. The van der Waals surface area contributed by atoms with Crippen molar-refractivity contribution in [3.63, 3.8) is 0 Å². The summed E-state index contributed by atoms with van der Waals surface area (Å²) in [7, 11) is 0. The van der Waals surface area contributed by atoms with Crippen LogP contribution in [0.25, 0.3) is 0 Å². The number of halogens is 2. The molecular formula is C20H38Cl2N4O2. The van der Waals surface area contributed by atoms with Crippen molar-refractivity contribution in [2.45, 2.75) is 39.5 Å². The second kappa shape index (κ2) is 11.6. The summed E-state index contributed by atoms with van der Waals surface area (Å²) in [6.45, 7) is 10.5. The normalized spacial score (nSPS) is 31.1. The molecule has 0 aromatic rings. The molecule has 164 valence electrons. The number of nitrogens with two attached hydrogens (primary N) is 1. The summed E-state index contributed by atoms with van der Waals surface area (Å²) >= 11 is 0. The highest BCUT2D eigenvalue weighted by atomic mass is 35.5. The van der Waals surface area contributed by atoms with Gasteiger partial charge in [0.2, 0.25) is 11.8 Å². The molecule has 2 amide bonds. The Balaban J connectivity index is 0.00000196. The van der Waals surface area contributed by atoms with Crippen molar-refractivity contribution >= 4 is 36.6 Å². The molecule has 1 aliphatic carbocycles. The molecule has 3 rings (SSSR count). The summed E-state index contributed by atoms with van der Waals surface area (Å²) in [6.07, 6.45) is 4.42. The lowest BCUT2D eigenvalue weighted by molar-refractivity contribution is -0.139. The number of carbonyl (C=O) groups excluding carboxylic acids is 2. The number of hydrogen-bond donors (Lipinski definition) is 1. The largest absolute Gasteiger partial charge is 0.341 e. The summed E-state index contributed by atoms with van der Waals surface area (Å²) in [6, 6.07) is 0. The monoisotopic (exact) mass is 436 g/mol. The number of nitrogens with zero attached hydrogens (tertiary/aromatic N) is 3. The average Bonchev–Trinajstić information content (AvgIpc) is 3.09. The Kier molecular flexibility index (Phi) is 10.5. The first kappa shape index (κ1) is 25.5. The van der Waals surface area contributed by atoms with Crippen LogP contribution in [0.1, 0.15) is 39.5 Å². The quantitative estimate of drug-likeness (QED) is 0.729. The number of piperazine rings is 1. The molecule has 2 heterocycles. The molecule has 3 fully saturated rings. The van der Waals surface area contributed by atoms with Gasteiger partial charge in [-0.3, -0.25) is 14.5 Å². The molecule has 6 nitrogen and oxygen atoms in total. The van der Waals surface area contributed by atoms with Crippen LogP contribution in [-0.2, 0) is 9.59 Å². The molecule has 2 aliphatic heterocycles. The fourth-order valence-corrected chi connectivity index (χ4v) is 5.16. The molecule has 0 spiro atoms. The van der Waals surface area contributed by atoms with Crippen LogP contribution in [0, 0.1) is 23.7 Å². The maximum Gasteiger partial charge on any atom is 0.236 e. The summed E-state index contributed by atoms with van der Waals surface area (Å²) in [5.74, 6) is 2.23. The summed E-state index contributed by atoms with van der Waals surface area (Å²) in [5.41, 5.74) is 5.84. The average molecular weight is 437 g/mol. The minimum Gasteiger partial charge on any atom is -0.341 e. The predicted molar refractivity (Wildman–Crippen MR) is 117 cm³/mol. The lowest BCUT2D eigenvalue weighted by Crippen LogP contribution is -2.54. The molecule has 2 saturated heterocycles. The fraction of sp³-hybridized carbons (Fsp3) is 0.900. The number of rotatable bonds is 4. The summed E-state index contributed by atoms with van der Waals surface area (Å²) in [4.78, 5) is 31.7. The van der Waals surface area contributed by atoms with Gasteiger partial charge in [0.15, 0.2) is 0 Å². The van der Waals surface area contributed by atoms with E-state index in [4.69, 9.17) is 5.73 Å². The van der Waals surface area contributed by atoms with Gasteiger partial charge in [-0.2, -0.15) is 0 Å². The lowest BCUT2D eigenvalue weighted by Gasteiger charge is -2.39. The number of hydrogen-bond acceptors (Lipinski definition) is 4. The standard InChI is InChI=1S/C20H36N4O2.2ClH/c1-15-10-16(2)13-24(12-15)19(25)14-22-6-8-23(9-7-22)20(26)18-5-3-4-17(18)11-21;;/h15-18H,3-14,21H2,1-2H3;2*1H/t15?,16?,17-,18-;;/m1../s1. The third-order valence-electron chi connectivity index (χ3n) is 6.54. The number of piperidine rings is 1. The van der Waals surface area contributed by atoms with Crippen LogP contribution < -0.4 is 5.73 Å². The van der Waals surface area contributed by atoms with Crippen LogP contribution in [0.4, 0.5) is 0 Å². The molecule has 2 N–H and O–H groups in total. The van der Waals surface area contributed by atoms with Crippen LogP contribution in [-0.4, -0.2) is 78.9 Å². The van der Waals surface area contributed by atoms with Crippen LogP contribution in [0.5, 0.6) is 0 Å². The van der Waals surface area contributed by atoms with E-state index in [1.165, 1.54) is 6.42 Å². The van der Waals surface area contributed by atoms with Crippen molar-refractivity contribution in [3.8, 4) is 0 Å². The van der Waals surface area contributed by atoms with E-state index in [1.807, 2.05) is 9.80 Å². The van der Waals surface area contributed by atoms with Gasteiger partial charge in [0.05, 0.1) is 6.54 Å². The summed E-state index contributed by atoms with van der Waals surface area (Å²) < 4.78 is 0. The molecule has 0 bridgehead atoms. The molecule has 0 radical (unpaired) electrons. The zero-order valence-electron chi connectivity index (χ0n) is 17.3. The highest BCUT2D eigenvalue weighted by Gasteiger charge is 2.36. The van der Waals surface area contributed by atoms with Gasteiger partial charge in [-0.15, -0.1) is 24.8 Å². The van der Waals surface area contributed by atoms with Gasteiger partial charge in [-0.05, 0) is 43.6 Å². The van der Waals surface area contributed by atoms with Gasteiger partial charge in [-0.1, -0.05) is 20.3 Å². The Hall–Kier alpha value is -0.560. The highest BCUT2D eigenvalue weighted by Crippen LogP contribution is 2.32. The van der Waals surface area contributed by atoms with Crippen molar-refractivity contribution in [2.24, 2.45) is 29.4 Å². The molecule has 8 heteroatoms. The Morgan fingerprint density at radius 2 is 1.54 bits per heavy atom. The number of likely N-dealkylation sites (tertiary alicyclic amines) is 1. The van der Waals surface area contributed by atoms with Gasteiger partial charge < -0.3 is 15.5 Å². The van der Waals surface area contributed by atoms with Crippen LogP contribution in [0.2, 0.25) is 0 Å². The Bertz CT molecular complexity index is 504. The zero-order chi connectivity index (χ0) is 18.7. The molecule has 0 aromatic heterocycles. The molecule has 1 saturated carbocycles. The topological polar surface area (TPSA) is 69.9 Å². The van der Waals surface area contributed by atoms with E-state index in [0.29, 0.717) is 36.8 Å². The SMILES string of the molecule is CC1CC(C)CN(C(=O)CN2CCN(C(=O)[C@@H]3CCC[C@@H]3CN)CC2)C1.Cl.Cl. The van der Waals surface area contributed by atoms with Crippen molar-refractivity contribution < 1.29 is 9.59 Å². The van der Waals surface area contributed by atoms with Crippen molar-refractivity contribution in [1.82, 2.24) is 14.7 Å². The van der Waals surface area contributed by atoms with Crippen LogP contribution in [0.15, 0.2) is 0 Å². The molecule has 0 aromatic carbocycles. The number of amides is 2. The maximum atomic E-state index is 12.8. The van der Waals surface area contributed by atoms with E-state index < -0.39 is 0 Å². The van der Waals surface area contributed by atoms with E-state index in [2.05, 4.69) is 18.7 Å². The molecular weight excluding hydrogens is 399 g/mol. The van der Waals surface area contributed by atoms with E-state index in [0.717, 1.165) is 58.5 Å². The first-order chi connectivity index (χ1) is 12.5. The van der Waals surface area contributed by atoms with E-state index in [-0.39, 0.29) is 36.6 Å². The lowest BCUT2D eigenvalue weighted by atomic mass is 9.92. The maximum absolute atomic E-state index is 12.8. The minimum absolute atomic E-state index is 0. The second-order valence-corrected chi connectivity index (χ2v) is 8.88. The third kappa shape index (κ3) is 6.22. The van der Waals surface area contributed by atoms with Crippen molar-refractivity contribution in [2.75, 3.05) is 52.4 Å². The van der Waals surface area contributed by atoms with Gasteiger partial charge in [0, 0.05) is 45.2 Å².